The minimum absolute atomic E-state index is 0.144. The topological polar surface area (TPSA) is 29.1 Å². The molecule has 0 saturated heterocycles. The number of rotatable bonds is 2. The van der Waals surface area contributed by atoms with Gasteiger partial charge in [-0.1, -0.05) is 0 Å². The lowest BCUT2D eigenvalue weighted by molar-refractivity contribution is -0.135. The van der Waals surface area contributed by atoms with Crippen LogP contribution in [0.5, 0.6) is 0 Å². The molecule has 1 aliphatic carbocycles. The van der Waals surface area contributed by atoms with Gasteiger partial charge in [0.25, 0.3) is 5.92 Å². The number of hydrogen-bond donors (Lipinski definition) is 1. The lowest BCUT2D eigenvalue weighted by Crippen LogP contribution is -2.37. The van der Waals surface area contributed by atoms with Crippen LogP contribution in [0.25, 0.3) is 0 Å². The van der Waals surface area contributed by atoms with Crippen LogP contribution in [-0.4, -0.2) is 18.4 Å². The van der Waals surface area contributed by atoms with Crippen LogP contribution < -0.4 is 5.32 Å². The summed E-state index contributed by atoms with van der Waals surface area (Å²) >= 11 is 0. The fourth-order valence-corrected chi connectivity index (χ4v) is 1.55. The quantitative estimate of drug-likeness (QED) is 0.681. The van der Waals surface area contributed by atoms with E-state index in [1.54, 1.807) is 6.92 Å². The summed E-state index contributed by atoms with van der Waals surface area (Å²) in [5.74, 6) is -4.36. The molecular formula is C8H13F2NO. The molecule has 4 heteroatoms. The Morgan fingerprint density at radius 1 is 1.67 bits per heavy atom. The summed E-state index contributed by atoms with van der Waals surface area (Å²) in [7, 11) is 0. The standard InChI is InChI=1S/C8H13F2NO/c1-2-11-7(12)6-4-3-5-8(6,9)10/h6H,2-5H2,1H3,(H,11,12). The van der Waals surface area contributed by atoms with Gasteiger partial charge in [0.15, 0.2) is 0 Å². The van der Waals surface area contributed by atoms with E-state index in [1.165, 1.54) is 0 Å². The minimum atomic E-state index is -2.78. The van der Waals surface area contributed by atoms with Crippen molar-refractivity contribution in [3.8, 4) is 0 Å². The van der Waals surface area contributed by atoms with Crippen molar-refractivity contribution in [1.82, 2.24) is 5.32 Å². The molecule has 1 unspecified atom stereocenters. The van der Waals surface area contributed by atoms with Crippen LogP contribution in [0.1, 0.15) is 26.2 Å². The summed E-state index contributed by atoms with van der Waals surface area (Å²) in [6.45, 7) is 2.15. The number of halogens is 2. The van der Waals surface area contributed by atoms with Crippen LogP contribution in [-0.2, 0) is 4.79 Å². The summed E-state index contributed by atoms with van der Waals surface area (Å²) < 4.78 is 25.8. The fraction of sp³-hybridized carbons (Fsp3) is 0.875. The molecule has 1 aliphatic rings. The van der Waals surface area contributed by atoms with E-state index in [0.29, 0.717) is 19.4 Å². The van der Waals surface area contributed by atoms with Gasteiger partial charge >= 0.3 is 0 Å². The van der Waals surface area contributed by atoms with Crippen LogP contribution in [0, 0.1) is 5.92 Å². The summed E-state index contributed by atoms with van der Waals surface area (Å²) in [4.78, 5) is 11.1. The Balaban J connectivity index is 2.56. The lowest BCUT2D eigenvalue weighted by Gasteiger charge is -2.17. The Hall–Kier alpha value is -0.670. The largest absolute Gasteiger partial charge is 0.356 e. The molecule has 1 fully saturated rings. The van der Waals surface area contributed by atoms with Crippen molar-refractivity contribution in [2.75, 3.05) is 6.54 Å². The predicted molar refractivity (Wildman–Crippen MR) is 41.0 cm³/mol. The smallest absolute Gasteiger partial charge is 0.259 e. The molecule has 0 aliphatic heterocycles. The third-order valence-corrected chi connectivity index (χ3v) is 2.18. The maximum atomic E-state index is 12.9. The van der Waals surface area contributed by atoms with E-state index in [9.17, 15) is 13.6 Å². The first-order valence-electron chi connectivity index (χ1n) is 4.23. The molecular weight excluding hydrogens is 164 g/mol. The maximum Gasteiger partial charge on any atom is 0.259 e. The zero-order chi connectivity index (χ0) is 9.19. The van der Waals surface area contributed by atoms with E-state index in [2.05, 4.69) is 5.32 Å². The van der Waals surface area contributed by atoms with E-state index in [-0.39, 0.29) is 6.42 Å². The highest BCUT2D eigenvalue weighted by atomic mass is 19.3. The normalized spacial score (nSPS) is 27.1. The molecule has 0 radical (unpaired) electrons. The number of carbonyl (C=O) groups excluding carboxylic acids is 1. The summed E-state index contributed by atoms with van der Waals surface area (Å²) in [5, 5.41) is 2.42. The number of hydrogen-bond acceptors (Lipinski definition) is 1. The van der Waals surface area contributed by atoms with E-state index in [0.717, 1.165) is 0 Å². The molecule has 12 heavy (non-hydrogen) atoms. The van der Waals surface area contributed by atoms with Gasteiger partial charge in [-0.2, -0.15) is 0 Å². The average molecular weight is 177 g/mol. The first kappa shape index (κ1) is 9.42. The molecule has 1 amide bonds. The average Bonchev–Trinajstić information content (AvgIpc) is 2.30. The lowest BCUT2D eigenvalue weighted by atomic mass is 10.0. The van der Waals surface area contributed by atoms with Crippen molar-refractivity contribution in [3.05, 3.63) is 0 Å². The van der Waals surface area contributed by atoms with Crippen molar-refractivity contribution >= 4 is 5.91 Å². The van der Waals surface area contributed by atoms with Crippen molar-refractivity contribution in [2.45, 2.75) is 32.1 Å². The predicted octanol–water partition coefficient (Wildman–Crippen LogP) is 1.56. The molecule has 0 heterocycles. The van der Waals surface area contributed by atoms with Crippen LogP contribution in [0.4, 0.5) is 8.78 Å². The molecule has 0 aromatic heterocycles. The van der Waals surface area contributed by atoms with Gasteiger partial charge in [-0.15, -0.1) is 0 Å². The number of amides is 1. The molecule has 0 aromatic rings. The maximum absolute atomic E-state index is 12.9. The zero-order valence-corrected chi connectivity index (χ0v) is 7.07. The molecule has 1 saturated carbocycles. The van der Waals surface area contributed by atoms with Gasteiger partial charge in [-0.3, -0.25) is 4.79 Å². The molecule has 2 nitrogen and oxygen atoms in total. The van der Waals surface area contributed by atoms with Gasteiger partial charge in [0.2, 0.25) is 5.91 Å². The highest BCUT2D eigenvalue weighted by molar-refractivity contribution is 5.79. The second kappa shape index (κ2) is 3.37. The second-order valence-corrected chi connectivity index (χ2v) is 3.10. The Morgan fingerprint density at radius 2 is 2.33 bits per heavy atom. The second-order valence-electron chi connectivity index (χ2n) is 3.10. The highest BCUT2D eigenvalue weighted by Crippen LogP contribution is 2.40. The Bertz CT molecular complexity index is 182. The molecule has 1 N–H and O–H groups in total. The van der Waals surface area contributed by atoms with Gasteiger partial charge < -0.3 is 5.32 Å². The molecule has 0 spiro atoms. The molecule has 1 rings (SSSR count). The van der Waals surface area contributed by atoms with Crippen LogP contribution >= 0.6 is 0 Å². The Morgan fingerprint density at radius 3 is 2.75 bits per heavy atom. The Kier molecular flexibility index (Phi) is 2.65. The molecule has 70 valence electrons. The number of nitrogens with one attached hydrogen (secondary N) is 1. The minimum Gasteiger partial charge on any atom is -0.356 e. The van der Waals surface area contributed by atoms with Crippen LogP contribution in [0.3, 0.4) is 0 Å². The number of carbonyl (C=O) groups is 1. The first-order valence-corrected chi connectivity index (χ1v) is 4.23. The van der Waals surface area contributed by atoms with E-state index in [1.807, 2.05) is 0 Å². The zero-order valence-electron chi connectivity index (χ0n) is 7.07. The van der Waals surface area contributed by atoms with Crippen molar-refractivity contribution in [3.63, 3.8) is 0 Å². The third kappa shape index (κ3) is 1.73. The summed E-state index contributed by atoms with van der Waals surface area (Å²) in [5.41, 5.74) is 0. The number of alkyl halides is 2. The first-order chi connectivity index (χ1) is 5.58. The van der Waals surface area contributed by atoms with Crippen molar-refractivity contribution < 1.29 is 13.6 Å². The summed E-state index contributed by atoms with van der Waals surface area (Å²) in [6.07, 6.45) is 0.627. The van der Waals surface area contributed by atoms with Gasteiger partial charge in [-0.05, 0) is 19.8 Å². The SMILES string of the molecule is CCNC(=O)C1CCCC1(F)F. The van der Waals surface area contributed by atoms with E-state index < -0.39 is 17.7 Å². The molecule has 0 aromatic carbocycles. The van der Waals surface area contributed by atoms with Crippen LogP contribution in [0.2, 0.25) is 0 Å². The molecule has 0 bridgehead atoms. The van der Waals surface area contributed by atoms with Crippen LogP contribution in [0.15, 0.2) is 0 Å². The summed E-state index contributed by atoms with van der Waals surface area (Å²) in [6, 6.07) is 0. The van der Waals surface area contributed by atoms with Gasteiger partial charge in [-0.25, -0.2) is 8.78 Å². The Labute approximate surface area is 70.3 Å². The third-order valence-electron chi connectivity index (χ3n) is 2.18. The molecule has 1 atom stereocenters. The fourth-order valence-electron chi connectivity index (χ4n) is 1.55. The van der Waals surface area contributed by atoms with Crippen molar-refractivity contribution in [2.24, 2.45) is 5.92 Å². The highest BCUT2D eigenvalue weighted by Gasteiger charge is 2.47. The van der Waals surface area contributed by atoms with Gasteiger partial charge in [0.05, 0.1) is 0 Å². The van der Waals surface area contributed by atoms with Gasteiger partial charge in [0, 0.05) is 13.0 Å². The van der Waals surface area contributed by atoms with Crippen molar-refractivity contribution in [1.29, 1.82) is 0 Å². The van der Waals surface area contributed by atoms with E-state index >= 15 is 0 Å². The monoisotopic (exact) mass is 177 g/mol. The van der Waals surface area contributed by atoms with Gasteiger partial charge in [0.1, 0.15) is 5.92 Å². The van der Waals surface area contributed by atoms with E-state index in [4.69, 9.17) is 0 Å².